The lowest BCUT2D eigenvalue weighted by Gasteiger charge is -2.16. The summed E-state index contributed by atoms with van der Waals surface area (Å²) in [5, 5.41) is 7.87. The van der Waals surface area contributed by atoms with Gasteiger partial charge >= 0.3 is 0 Å². The molecule has 8 heteroatoms. The highest BCUT2D eigenvalue weighted by molar-refractivity contribution is 9.10. The number of unbranched alkanes of at least 4 members (excludes halogenated alkanes) is 1. The maximum atomic E-state index is 11.8. The number of halogens is 1. The first-order chi connectivity index (χ1) is 9.75. The molecule has 0 heterocycles. The average Bonchev–Trinajstić information content (AvgIpc) is 2.39. The number of nitrogens with one attached hydrogen (secondary N) is 1. The van der Waals surface area contributed by atoms with Crippen molar-refractivity contribution in [2.75, 3.05) is 6.54 Å². The summed E-state index contributed by atoms with van der Waals surface area (Å²) >= 11 is 3.17. The number of primary sulfonamides is 1. The summed E-state index contributed by atoms with van der Waals surface area (Å²) in [6, 6.07) is 4.41. The highest BCUT2D eigenvalue weighted by atomic mass is 79.9. The summed E-state index contributed by atoms with van der Waals surface area (Å²) in [5.41, 5.74) is 0. The second kappa shape index (κ2) is 7.77. The van der Waals surface area contributed by atoms with Crippen molar-refractivity contribution >= 4 is 31.9 Å². The molecular weight excluding hydrogens is 360 g/mol. The molecule has 0 aliphatic rings. The van der Waals surface area contributed by atoms with E-state index >= 15 is 0 Å². The van der Waals surface area contributed by atoms with Crippen LogP contribution in [0.3, 0.4) is 0 Å². The van der Waals surface area contributed by atoms with E-state index in [1.165, 1.54) is 12.1 Å². The number of sulfonamides is 1. The number of nitrogens with two attached hydrogens (primary N) is 1. The van der Waals surface area contributed by atoms with E-state index in [9.17, 15) is 13.2 Å². The van der Waals surface area contributed by atoms with Crippen molar-refractivity contribution in [1.82, 2.24) is 5.32 Å². The van der Waals surface area contributed by atoms with Crippen LogP contribution in [0.25, 0.3) is 0 Å². The summed E-state index contributed by atoms with van der Waals surface area (Å²) in [4.78, 5) is 11.7. The Labute approximate surface area is 133 Å². The van der Waals surface area contributed by atoms with Gasteiger partial charge in [0.2, 0.25) is 10.0 Å². The highest BCUT2D eigenvalue weighted by Gasteiger charge is 2.20. The van der Waals surface area contributed by atoms with E-state index in [4.69, 9.17) is 9.88 Å². The lowest BCUT2D eigenvalue weighted by atomic mass is 10.3. The Kier molecular flexibility index (Phi) is 6.63. The molecule has 1 amide bonds. The summed E-state index contributed by atoms with van der Waals surface area (Å²) in [6.07, 6.45) is 1.03. The summed E-state index contributed by atoms with van der Waals surface area (Å²) in [7, 11) is -3.93. The highest BCUT2D eigenvalue weighted by Crippen LogP contribution is 2.27. The minimum Gasteiger partial charge on any atom is -0.479 e. The minimum atomic E-state index is -3.93. The van der Waals surface area contributed by atoms with Gasteiger partial charge in [-0.05, 0) is 31.5 Å². The van der Waals surface area contributed by atoms with Gasteiger partial charge in [0, 0.05) is 11.0 Å². The molecule has 1 aromatic carbocycles. The summed E-state index contributed by atoms with van der Waals surface area (Å²) < 4.78 is 29.1. The van der Waals surface area contributed by atoms with Crippen LogP contribution in [-0.4, -0.2) is 27.0 Å². The Bertz CT molecular complexity index is 604. The lowest BCUT2D eigenvalue weighted by molar-refractivity contribution is -0.127. The number of hydrogen-bond acceptors (Lipinski definition) is 4. The fourth-order valence-corrected chi connectivity index (χ4v) is 2.78. The molecule has 0 aliphatic heterocycles. The molecule has 0 aliphatic carbocycles. The topological polar surface area (TPSA) is 98.5 Å². The Morgan fingerprint density at radius 1 is 1.48 bits per heavy atom. The zero-order valence-electron chi connectivity index (χ0n) is 11.9. The first kappa shape index (κ1) is 17.9. The van der Waals surface area contributed by atoms with Crippen LogP contribution in [0.4, 0.5) is 0 Å². The molecule has 1 aromatic rings. The lowest BCUT2D eigenvalue weighted by Crippen LogP contribution is -2.37. The molecule has 0 bridgehead atoms. The Morgan fingerprint density at radius 2 is 2.14 bits per heavy atom. The molecule has 0 aromatic heterocycles. The molecule has 0 spiro atoms. The number of carbonyl (C=O) groups is 1. The van der Waals surface area contributed by atoms with Gasteiger partial charge in [-0.25, -0.2) is 13.6 Å². The number of carbonyl (C=O) groups excluding carboxylic acids is 1. The Balaban J connectivity index is 2.85. The van der Waals surface area contributed by atoms with E-state index < -0.39 is 16.1 Å². The average molecular weight is 379 g/mol. The fourth-order valence-electron chi connectivity index (χ4n) is 1.58. The monoisotopic (exact) mass is 378 g/mol. The van der Waals surface area contributed by atoms with Crippen LogP contribution in [0.2, 0.25) is 0 Å². The number of benzene rings is 1. The van der Waals surface area contributed by atoms with Gasteiger partial charge in [0.25, 0.3) is 5.91 Å². The van der Waals surface area contributed by atoms with Crippen LogP contribution >= 0.6 is 15.9 Å². The van der Waals surface area contributed by atoms with Gasteiger partial charge in [0.05, 0.1) is 0 Å². The van der Waals surface area contributed by atoms with Gasteiger partial charge in [-0.2, -0.15) is 0 Å². The fraction of sp³-hybridized carbons (Fsp3) is 0.462. The largest absolute Gasteiger partial charge is 0.479 e. The zero-order valence-corrected chi connectivity index (χ0v) is 14.3. The van der Waals surface area contributed by atoms with Gasteiger partial charge in [0.1, 0.15) is 10.6 Å². The number of amides is 1. The Hall–Kier alpha value is -1.12. The maximum absolute atomic E-state index is 11.8. The van der Waals surface area contributed by atoms with E-state index in [2.05, 4.69) is 21.2 Å². The number of ether oxygens (including phenoxy) is 1. The molecule has 0 fully saturated rings. The van der Waals surface area contributed by atoms with Gasteiger partial charge in [0.15, 0.2) is 6.10 Å². The first-order valence-electron chi connectivity index (χ1n) is 6.52. The van der Waals surface area contributed by atoms with Crippen molar-refractivity contribution < 1.29 is 17.9 Å². The van der Waals surface area contributed by atoms with Crippen LogP contribution in [0.15, 0.2) is 27.6 Å². The van der Waals surface area contributed by atoms with Crippen LogP contribution in [-0.2, 0) is 14.8 Å². The summed E-state index contributed by atoms with van der Waals surface area (Å²) in [6.45, 7) is 4.13. The van der Waals surface area contributed by atoms with Crippen molar-refractivity contribution in [2.24, 2.45) is 5.14 Å². The maximum Gasteiger partial charge on any atom is 0.260 e. The molecule has 1 rings (SSSR count). The first-order valence-corrected chi connectivity index (χ1v) is 8.86. The van der Waals surface area contributed by atoms with Crippen LogP contribution in [0.1, 0.15) is 26.7 Å². The van der Waals surface area contributed by atoms with Crippen LogP contribution < -0.4 is 15.2 Å². The quantitative estimate of drug-likeness (QED) is 0.706. The number of rotatable bonds is 7. The minimum absolute atomic E-state index is 0.0545. The van der Waals surface area contributed by atoms with E-state index in [0.29, 0.717) is 11.0 Å². The molecule has 1 atom stereocenters. The van der Waals surface area contributed by atoms with Crippen molar-refractivity contribution in [1.29, 1.82) is 0 Å². The van der Waals surface area contributed by atoms with Crippen molar-refractivity contribution in [2.45, 2.75) is 37.7 Å². The van der Waals surface area contributed by atoms with Crippen molar-refractivity contribution in [3.8, 4) is 5.75 Å². The third-order valence-corrected chi connectivity index (χ3v) is 4.14. The zero-order chi connectivity index (χ0) is 16.0. The molecule has 0 saturated carbocycles. The van der Waals surface area contributed by atoms with Crippen LogP contribution in [0, 0.1) is 0 Å². The molecule has 1 unspecified atom stereocenters. The third kappa shape index (κ3) is 5.64. The molecule has 118 valence electrons. The van der Waals surface area contributed by atoms with Gasteiger partial charge in [-0.1, -0.05) is 29.3 Å². The SMILES string of the molecule is CCCCNC(=O)C(C)Oc1ccc(Br)cc1S(N)(=O)=O. The molecule has 6 nitrogen and oxygen atoms in total. The molecule has 21 heavy (non-hydrogen) atoms. The predicted octanol–water partition coefficient (Wildman–Crippen LogP) is 1.78. The smallest absolute Gasteiger partial charge is 0.260 e. The molecule has 0 radical (unpaired) electrons. The van der Waals surface area contributed by atoms with Crippen LogP contribution in [0.5, 0.6) is 5.75 Å². The third-order valence-electron chi connectivity index (χ3n) is 2.71. The molecular formula is C13H19BrN2O4S. The van der Waals surface area contributed by atoms with Gasteiger partial charge in [-0.3, -0.25) is 4.79 Å². The van der Waals surface area contributed by atoms with Crippen molar-refractivity contribution in [3.63, 3.8) is 0 Å². The van der Waals surface area contributed by atoms with E-state index in [0.717, 1.165) is 12.8 Å². The van der Waals surface area contributed by atoms with E-state index in [-0.39, 0.29) is 16.6 Å². The van der Waals surface area contributed by atoms with E-state index in [1.54, 1.807) is 13.0 Å². The van der Waals surface area contributed by atoms with Crippen molar-refractivity contribution in [3.05, 3.63) is 22.7 Å². The van der Waals surface area contributed by atoms with Gasteiger partial charge < -0.3 is 10.1 Å². The van der Waals surface area contributed by atoms with E-state index in [1.807, 2.05) is 6.92 Å². The normalized spacial score (nSPS) is 12.8. The predicted molar refractivity (Wildman–Crippen MR) is 83.5 cm³/mol. The van der Waals surface area contributed by atoms with Gasteiger partial charge in [-0.15, -0.1) is 0 Å². The second-order valence-electron chi connectivity index (χ2n) is 4.54. The standard InChI is InChI=1S/C13H19BrN2O4S/c1-3-4-7-16-13(17)9(2)20-11-6-5-10(14)8-12(11)21(15,18)19/h5-6,8-9H,3-4,7H2,1-2H3,(H,16,17)(H2,15,18,19). The second-order valence-corrected chi connectivity index (χ2v) is 6.99. The molecule has 0 saturated heterocycles. The summed E-state index contributed by atoms with van der Waals surface area (Å²) in [5.74, 6) is -0.245. The Morgan fingerprint density at radius 3 is 2.71 bits per heavy atom. The molecule has 3 N–H and O–H groups in total. The number of hydrogen-bond donors (Lipinski definition) is 2.